The maximum Gasteiger partial charge on any atom is 0.472 e. The van der Waals surface area contributed by atoms with Crippen LogP contribution in [0.4, 0.5) is 0 Å². The third kappa shape index (κ3) is 60.9. The van der Waals surface area contributed by atoms with Crippen LogP contribution < -0.4 is 0 Å². The van der Waals surface area contributed by atoms with Gasteiger partial charge in [0.2, 0.25) is 0 Å². The van der Waals surface area contributed by atoms with Gasteiger partial charge < -0.3 is 33.8 Å². The summed E-state index contributed by atoms with van der Waals surface area (Å²) in [7, 11) is -9.89. The molecule has 19 heteroatoms. The second kappa shape index (κ2) is 60.6. The highest BCUT2D eigenvalue weighted by molar-refractivity contribution is 7.47. The molecular weight excluding hydrogens is 1140 g/mol. The number of carbonyl (C=O) groups is 4. The zero-order valence-electron chi connectivity index (χ0n) is 55.4. The standard InChI is InChI=1S/C67H130O17P2/c1-6-9-12-15-18-21-30-35-40-45-50-64(69)77-56-62(83-66(71)52-47-42-37-32-23-20-17-14-11-8-3)58-81-85(73,74)79-54-61(68)55-80-86(75,76)82-59-63(57-78-65(70)51-46-41-36-31-22-19-16-13-10-7-2)84-67(72)53-48-43-38-33-28-26-24-25-27-29-34-39-44-49-60(4)5/h60-63,68H,6-59H2,1-5H3,(H,73,74)(H,75,76)/t61-,62+,63+/m0/s1. The fraction of sp³-hybridized carbons (Fsp3) is 0.940. The van der Waals surface area contributed by atoms with Crippen molar-refractivity contribution in [2.24, 2.45) is 5.92 Å². The molecule has 0 radical (unpaired) electrons. The average Bonchev–Trinajstić information content (AvgIpc) is 3.70. The Morgan fingerprint density at radius 1 is 0.314 bits per heavy atom. The largest absolute Gasteiger partial charge is 0.472 e. The normalized spacial score (nSPS) is 14.2. The van der Waals surface area contributed by atoms with Gasteiger partial charge in [-0.1, -0.05) is 291 Å². The van der Waals surface area contributed by atoms with Gasteiger partial charge in [0.1, 0.15) is 19.3 Å². The van der Waals surface area contributed by atoms with Crippen molar-refractivity contribution in [1.29, 1.82) is 0 Å². The summed E-state index contributed by atoms with van der Waals surface area (Å²) < 4.78 is 68.1. The highest BCUT2D eigenvalue weighted by atomic mass is 31.2. The van der Waals surface area contributed by atoms with E-state index in [0.29, 0.717) is 25.7 Å². The molecule has 0 aromatic heterocycles. The molecule has 0 aromatic carbocycles. The molecule has 5 atom stereocenters. The van der Waals surface area contributed by atoms with E-state index in [9.17, 15) is 43.2 Å². The molecule has 0 amide bonds. The smallest absolute Gasteiger partial charge is 0.462 e. The third-order valence-electron chi connectivity index (χ3n) is 15.5. The molecule has 3 N–H and O–H groups in total. The number of hydrogen-bond acceptors (Lipinski definition) is 15. The van der Waals surface area contributed by atoms with Crippen molar-refractivity contribution < 1.29 is 80.2 Å². The lowest BCUT2D eigenvalue weighted by atomic mass is 10.0. The molecule has 17 nitrogen and oxygen atoms in total. The van der Waals surface area contributed by atoms with Gasteiger partial charge in [-0.15, -0.1) is 0 Å². The number of hydrogen-bond donors (Lipinski definition) is 3. The molecule has 0 heterocycles. The maximum absolute atomic E-state index is 13.0. The van der Waals surface area contributed by atoms with Crippen LogP contribution in [-0.2, 0) is 65.4 Å². The first-order valence-electron chi connectivity index (χ1n) is 35.1. The van der Waals surface area contributed by atoms with Gasteiger partial charge in [0.15, 0.2) is 12.2 Å². The van der Waals surface area contributed by atoms with Crippen LogP contribution in [0.25, 0.3) is 0 Å². The third-order valence-corrected chi connectivity index (χ3v) is 17.4. The van der Waals surface area contributed by atoms with E-state index in [2.05, 4.69) is 34.6 Å². The Labute approximate surface area is 524 Å². The van der Waals surface area contributed by atoms with E-state index in [-0.39, 0.29) is 25.7 Å². The molecule has 86 heavy (non-hydrogen) atoms. The number of carbonyl (C=O) groups excluding carboxylic acids is 4. The molecule has 0 aliphatic carbocycles. The molecular formula is C67H130O17P2. The highest BCUT2D eigenvalue weighted by Gasteiger charge is 2.30. The molecule has 0 saturated heterocycles. The van der Waals surface area contributed by atoms with Gasteiger partial charge in [-0.05, 0) is 31.6 Å². The average molecular weight is 1270 g/mol. The topological polar surface area (TPSA) is 237 Å². The van der Waals surface area contributed by atoms with Crippen LogP contribution in [0.3, 0.4) is 0 Å². The first kappa shape index (κ1) is 84.1. The van der Waals surface area contributed by atoms with Crippen molar-refractivity contribution in [3.05, 3.63) is 0 Å². The van der Waals surface area contributed by atoms with Crippen molar-refractivity contribution in [1.82, 2.24) is 0 Å². The molecule has 0 aromatic rings. The quantitative estimate of drug-likeness (QED) is 0.0222. The molecule has 0 spiro atoms. The van der Waals surface area contributed by atoms with E-state index >= 15 is 0 Å². The molecule has 0 saturated carbocycles. The predicted octanol–water partition coefficient (Wildman–Crippen LogP) is 19.0. The molecule has 0 aliphatic heterocycles. The summed E-state index contributed by atoms with van der Waals surface area (Å²) in [5, 5.41) is 10.6. The first-order chi connectivity index (χ1) is 41.5. The van der Waals surface area contributed by atoms with E-state index < -0.39 is 97.5 Å². The Kier molecular flexibility index (Phi) is 59.2. The minimum atomic E-state index is -4.95. The van der Waals surface area contributed by atoms with E-state index in [1.54, 1.807) is 0 Å². The number of unbranched alkanes of at least 4 members (excludes halogenated alkanes) is 39. The summed E-state index contributed by atoms with van der Waals surface area (Å²) in [5.74, 6) is -1.34. The fourth-order valence-corrected chi connectivity index (χ4v) is 11.7. The minimum Gasteiger partial charge on any atom is -0.462 e. The number of esters is 4. The zero-order valence-corrected chi connectivity index (χ0v) is 57.2. The number of aliphatic hydroxyl groups excluding tert-OH is 1. The Hall–Kier alpha value is -1.94. The monoisotopic (exact) mass is 1270 g/mol. The van der Waals surface area contributed by atoms with Crippen molar-refractivity contribution in [3.63, 3.8) is 0 Å². The van der Waals surface area contributed by atoms with Gasteiger partial charge in [0.25, 0.3) is 0 Å². The van der Waals surface area contributed by atoms with E-state index in [4.69, 9.17) is 37.0 Å². The van der Waals surface area contributed by atoms with Crippen LogP contribution in [0.2, 0.25) is 0 Å². The second-order valence-corrected chi connectivity index (χ2v) is 27.6. The van der Waals surface area contributed by atoms with E-state index in [1.165, 1.54) is 167 Å². The molecule has 0 aliphatic rings. The fourth-order valence-electron chi connectivity index (χ4n) is 10.1. The number of aliphatic hydroxyl groups is 1. The van der Waals surface area contributed by atoms with Crippen molar-refractivity contribution in [2.45, 2.75) is 361 Å². The van der Waals surface area contributed by atoms with Crippen LogP contribution in [0, 0.1) is 5.92 Å². The van der Waals surface area contributed by atoms with E-state index in [0.717, 1.165) is 95.8 Å². The molecule has 0 rings (SSSR count). The summed E-state index contributed by atoms with van der Waals surface area (Å²) >= 11 is 0. The maximum atomic E-state index is 13.0. The molecule has 2 unspecified atom stereocenters. The second-order valence-electron chi connectivity index (χ2n) is 24.7. The van der Waals surface area contributed by atoms with Crippen molar-refractivity contribution >= 4 is 39.5 Å². The number of rotatable bonds is 67. The lowest BCUT2D eigenvalue weighted by Gasteiger charge is -2.21. The Bertz CT molecular complexity index is 1670. The van der Waals surface area contributed by atoms with Crippen LogP contribution >= 0.6 is 15.6 Å². The summed E-state index contributed by atoms with van der Waals surface area (Å²) in [5.41, 5.74) is 0. The van der Waals surface area contributed by atoms with Crippen molar-refractivity contribution in [3.8, 4) is 0 Å². The van der Waals surface area contributed by atoms with Crippen LogP contribution in [-0.4, -0.2) is 96.7 Å². The van der Waals surface area contributed by atoms with Gasteiger partial charge in [0, 0.05) is 25.7 Å². The summed E-state index contributed by atoms with van der Waals surface area (Å²) in [6.45, 7) is 7.22. The van der Waals surface area contributed by atoms with Gasteiger partial charge in [-0.3, -0.25) is 37.3 Å². The number of ether oxygens (including phenoxy) is 4. The lowest BCUT2D eigenvalue weighted by Crippen LogP contribution is -2.30. The lowest BCUT2D eigenvalue weighted by molar-refractivity contribution is -0.161. The van der Waals surface area contributed by atoms with Gasteiger partial charge in [0.05, 0.1) is 26.4 Å². The Morgan fingerprint density at radius 3 is 0.791 bits per heavy atom. The van der Waals surface area contributed by atoms with Crippen LogP contribution in [0.15, 0.2) is 0 Å². The van der Waals surface area contributed by atoms with Crippen molar-refractivity contribution in [2.75, 3.05) is 39.6 Å². The first-order valence-corrected chi connectivity index (χ1v) is 38.1. The molecule has 0 bridgehead atoms. The molecule has 510 valence electrons. The minimum absolute atomic E-state index is 0.107. The number of phosphoric acid groups is 2. The molecule has 0 fully saturated rings. The Balaban J connectivity index is 5.21. The van der Waals surface area contributed by atoms with Crippen LogP contribution in [0.5, 0.6) is 0 Å². The SMILES string of the molecule is CCCCCCCCCCCCC(=O)OC[C@H](COP(=O)(O)OC[C@H](O)COP(=O)(O)OC[C@@H](COC(=O)CCCCCCCCCCCC)OC(=O)CCCCCCCCCCCCCCCC(C)C)OC(=O)CCCCCCCCCCCC. The van der Waals surface area contributed by atoms with E-state index in [1.807, 2.05) is 0 Å². The van der Waals surface area contributed by atoms with Gasteiger partial charge >= 0.3 is 39.5 Å². The predicted molar refractivity (Wildman–Crippen MR) is 345 cm³/mol. The number of phosphoric ester groups is 2. The Morgan fingerprint density at radius 2 is 0.535 bits per heavy atom. The summed E-state index contributed by atoms with van der Waals surface area (Å²) in [6.07, 6.45) is 45.7. The summed E-state index contributed by atoms with van der Waals surface area (Å²) in [4.78, 5) is 72.3. The van der Waals surface area contributed by atoms with Gasteiger partial charge in [-0.25, -0.2) is 9.13 Å². The summed E-state index contributed by atoms with van der Waals surface area (Å²) in [6, 6.07) is 0. The highest BCUT2D eigenvalue weighted by Crippen LogP contribution is 2.45. The van der Waals surface area contributed by atoms with Crippen LogP contribution in [0.1, 0.15) is 343 Å². The zero-order chi connectivity index (χ0) is 63.5. The van der Waals surface area contributed by atoms with Gasteiger partial charge in [-0.2, -0.15) is 0 Å².